The van der Waals surface area contributed by atoms with Gasteiger partial charge in [0, 0.05) is 10.4 Å². The highest BCUT2D eigenvalue weighted by Gasteiger charge is 2.18. The SMILES string of the molecule is CCCCCCCC(Br)c1ccc(OC)c(Cl)c1OC. The van der Waals surface area contributed by atoms with Crippen LogP contribution in [0.5, 0.6) is 11.5 Å². The topological polar surface area (TPSA) is 18.5 Å². The molecule has 2 nitrogen and oxygen atoms in total. The lowest BCUT2D eigenvalue weighted by Gasteiger charge is -2.17. The van der Waals surface area contributed by atoms with Crippen molar-refractivity contribution in [2.24, 2.45) is 0 Å². The number of rotatable bonds is 9. The molecule has 20 heavy (non-hydrogen) atoms. The molecule has 1 rings (SSSR count). The molecule has 0 heterocycles. The highest BCUT2D eigenvalue weighted by Crippen LogP contribution is 2.43. The van der Waals surface area contributed by atoms with Crippen LogP contribution in [0.15, 0.2) is 12.1 Å². The van der Waals surface area contributed by atoms with Gasteiger partial charge in [-0.15, -0.1) is 0 Å². The summed E-state index contributed by atoms with van der Waals surface area (Å²) >= 11 is 10.0. The molecule has 0 aliphatic carbocycles. The normalized spacial score (nSPS) is 12.2. The second-order valence-corrected chi connectivity index (χ2v) is 6.36. The second kappa shape index (κ2) is 9.51. The van der Waals surface area contributed by atoms with Gasteiger partial charge < -0.3 is 9.47 Å². The smallest absolute Gasteiger partial charge is 0.145 e. The molecular weight excluding hydrogens is 340 g/mol. The number of benzene rings is 1. The Labute approximate surface area is 135 Å². The maximum absolute atomic E-state index is 6.29. The molecule has 114 valence electrons. The number of methoxy groups -OCH3 is 2. The average molecular weight is 364 g/mol. The Balaban J connectivity index is 2.67. The minimum atomic E-state index is 0.266. The van der Waals surface area contributed by atoms with Gasteiger partial charge in [0.1, 0.15) is 16.5 Å². The molecule has 0 spiro atoms. The lowest BCUT2D eigenvalue weighted by molar-refractivity contribution is 0.391. The number of halogens is 2. The van der Waals surface area contributed by atoms with E-state index >= 15 is 0 Å². The first kappa shape index (κ1) is 17.6. The van der Waals surface area contributed by atoms with Crippen LogP contribution in [0.3, 0.4) is 0 Å². The third-order valence-electron chi connectivity index (χ3n) is 3.41. The first-order valence-electron chi connectivity index (χ1n) is 7.20. The van der Waals surface area contributed by atoms with E-state index in [-0.39, 0.29) is 4.83 Å². The van der Waals surface area contributed by atoms with Crippen molar-refractivity contribution in [2.75, 3.05) is 14.2 Å². The van der Waals surface area contributed by atoms with Crippen molar-refractivity contribution in [3.8, 4) is 11.5 Å². The molecule has 0 saturated heterocycles. The highest BCUT2D eigenvalue weighted by atomic mass is 79.9. The number of hydrogen-bond acceptors (Lipinski definition) is 2. The van der Waals surface area contributed by atoms with Crippen LogP contribution < -0.4 is 9.47 Å². The van der Waals surface area contributed by atoms with Gasteiger partial charge in [0.25, 0.3) is 0 Å². The fourth-order valence-corrected chi connectivity index (χ4v) is 3.26. The monoisotopic (exact) mass is 362 g/mol. The summed E-state index contributed by atoms with van der Waals surface area (Å²) in [6.45, 7) is 2.23. The van der Waals surface area contributed by atoms with E-state index in [4.69, 9.17) is 21.1 Å². The Morgan fingerprint density at radius 1 is 1.10 bits per heavy atom. The molecule has 1 aromatic rings. The largest absolute Gasteiger partial charge is 0.495 e. The van der Waals surface area contributed by atoms with Gasteiger partial charge in [-0.2, -0.15) is 0 Å². The molecule has 0 bridgehead atoms. The molecule has 0 aliphatic heterocycles. The van der Waals surface area contributed by atoms with Crippen molar-refractivity contribution in [1.29, 1.82) is 0 Å². The molecule has 0 fully saturated rings. The molecule has 0 N–H and O–H groups in total. The second-order valence-electron chi connectivity index (χ2n) is 4.87. The Hall–Kier alpha value is -0.410. The van der Waals surface area contributed by atoms with Crippen LogP contribution in [0.25, 0.3) is 0 Å². The maximum Gasteiger partial charge on any atom is 0.145 e. The van der Waals surface area contributed by atoms with Crippen LogP contribution in [-0.4, -0.2) is 14.2 Å². The molecule has 0 aromatic heterocycles. The summed E-state index contributed by atoms with van der Waals surface area (Å²) < 4.78 is 10.7. The van der Waals surface area contributed by atoms with E-state index in [0.29, 0.717) is 16.5 Å². The Morgan fingerprint density at radius 2 is 1.80 bits per heavy atom. The van der Waals surface area contributed by atoms with Gasteiger partial charge in [0.2, 0.25) is 0 Å². The molecule has 1 unspecified atom stereocenters. The van der Waals surface area contributed by atoms with Gasteiger partial charge in [0.15, 0.2) is 0 Å². The minimum absolute atomic E-state index is 0.266. The molecule has 4 heteroatoms. The molecule has 0 aliphatic rings. The molecular formula is C16H24BrClO2. The molecule has 1 aromatic carbocycles. The summed E-state index contributed by atoms with van der Waals surface area (Å²) in [4.78, 5) is 0.266. The van der Waals surface area contributed by atoms with E-state index in [1.165, 1.54) is 32.1 Å². The fraction of sp³-hybridized carbons (Fsp3) is 0.625. The third-order valence-corrected chi connectivity index (χ3v) is 4.72. The van der Waals surface area contributed by atoms with Crippen molar-refractivity contribution >= 4 is 27.5 Å². The van der Waals surface area contributed by atoms with Crippen LogP contribution in [0.4, 0.5) is 0 Å². The number of alkyl halides is 1. The molecule has 0 radical (unpaired) electrons. The fourth-order valence-electron chi connectivity index (χ4n) is 2.25. The van der Waals surface area contributed by atoms with Crippen LogP contribution >= 0.6 is 27.5 Å². The number of hydrogen-bond donors (Lipinski definition) is 0. The zero-order chi connectivity index (χ0) is 15.0. The summed E-state index contributed by atoms with van der Waals surface area (Å²) in [5, 5.41) is 0.544. The van der Waals surface area contributed by atoms with Crippen LogP contribution in [-0.2, 0) is 0 Å². The number of unbranched alkanes of at least 4 members (excludes halogenated alkanes) is 4. The van der Waals surface area contributed by atoms with Gasteiger partial charge >= 0.3 is 0 Å². The predicted molar refractivity (Wildman–Crippen MR) is 89.6 cm³/mol. The predicted octanol–water partition coefficient (Wildman–Crippen LogP) is 6.15. The van der Waals surface area contributed by atoms with E-state index in [9.17, 15) is 0 Å². The van der Waals surface area contributed by atoms with Crippen molar-refractivity contribution in [1.82, 2.24) is 0 Å². The molecule has 0 amide bonds. The van der Waals surface area contributed by atoms with Gasteiger partial charge in [-0.3, -0.25) is 0 Å². The Morgan fingerprint density at radius 3 is 2.40 bits per heavy atom. The van der Waals surface area contributed by atoms with Crippen molar-refractivity contribution in [2.45, 2.75) is 50.3 Å². The summed E-state index contributed by atoms with van der Waals surface area (Å²) in [6.07, 6.45) is 7.49. The summed E-state index contributed by atoms with van der Waals surface area (Å²) in [7, 11) is 3.25. The lowest BCUT2D eigenvalue weighted by atomic mass is 10.0. The summed E-state index contributed by atoms with van der Waals surface area (Å²) in [6, 6.07) is 3.92. The van der Waals surface area contributed by atoms with E-state index < -0.39 is 0 Å². The first-order chi connectivity index (χ1) is 9.65. The summed E-state index contributed by atoms with van der Waals surface area (Å²) in [5.74, 6) is 1.36. The zero-order valence-electron chi connectivity index (χ0n) is 12.5. The lowest BCUT2D eigenvalue weighted by Crippen LogP contribution is -1.98. The van der Waals surface area contributed by atoms with Crippen molar-refractivity contribution in [3.63, 3.8) is 0 Å². The molecule has 0 saturated carbocycles. The van der Waals surface area contributed by atoms with E-state index in [0.717, 1.165) is 12.0 Å². The van der Waals surface area contributed by atoms with Gasteiger partial charge in [-0.25, -0.2) is 0 Å². The Bertz CT molecular complexity index is 410. The Kier molecular flexibility index (Phi) is 8.39. The molecule has 1 atom stereocenters. The third kappa shape index (κ3) is 4.85. The van der Waals surface area contributed by atoms with Gasteiger partial charge in [0.05, 0.1) is 14.2 Å². The van der Waals surface area contributed by atoms with Crippen molar-refractivity contribution < 1.29 is 9.47 Å². The van der Waals surface area contributed by atoms with Gasteiger partial charge in [-0.1, -0.05) is 72.6 Å². The standard InChI is InChI=1S/C16H24BrClO2/c1-4-5-6-7-8-9-13(17)12-10-11-14(19-2)15(18)16(12)20-3/h10-11,13H,4-9H2,1-3H3. The maximum atomic E-state index is 6.29. The van der Waals surface area contributed by atoms with Gasteiger partial charge in [-0.05, 0) is 12.5 Å². The van der Waals surface area contributed by atoms with Crippen LogP contribution in [0.1, 0.15) is 55.8 Å². The summed E-state index contributed by atoms with van der Waals surface area (Å²) in [5.41, 5.74) is 1.09. The highest BCUT2D eigenvalue weighted by molar-refractivity contribution is 9.09. The minimum Gasteiger partial charge on any atom is -0.495 e. The van der Waals surface area contributed by atoms with E-state index in [2.05, 4.69) is 22.9 Å². The number of ether oxygens (including phenoxy) is 2. The quantitative estimate of drug-likeness (QED) is 0.387. The average Bonchev–Trinajstić information content (AvgIpc) is 2.46. The first-order valence-corrected chi connectivity index (χ1v) is 8.49. The van der Waals surface area contributed by atoms with Crippen molar-refractivity contribution in [3.05, 3.63) is 22.7 Å². The zero-order valence-corrected chi connectivity index (χ0v) is 14.9. The van der Waals surface area contributed by atoms with E-state index in [1.54, 1.807) is 14.2 Å². The van der Waals surface area contributed by atoms with Crippen LogP contribution in [0, 0.1) is 0 Å². The van der Waals surface area contributed by atoms with E-state index in [1.807, 2.05) is 12.1 Å². The van der Waals surface area contributed by atoms with Crippen LogP contribution in [0.2, 0.25) is 5.02 Å².